The lowest BCUT2D eigenvalue weighted by Crippen LogP contribution is -2.27. The van der Waals surface area contributed by atoms with Gasteiger partial charge in [0.2, 0.25) is 0 Å². The van der Waals surface area contributed by atoms with Gasteiger partial charge in [-0.1, -0.05) is 13.8 Å². The molecule has 27 heavy (non-hydrogen) atoms. The van der Waals surface area contributed by atoms with E-state index >= 15 is 0 Å². The van der Waals surface area contributed by atoms with E-state index in [-0.39, 0.29) is 11.8 Å². The molecule has 0 saturated heterocycles. The molecule has 0 spiro atoms. The number of carbonyl (C=O) groups excluding carboxylic acids is 2. The molecule has 0 aliphatic carbocycles. The smallest absolute Gasteiger partial charge is 0.347 e. The van der Waals surface area contributed by atoms with Crippen molar-refractivity contribution in [3.8, 4) is 11.5 Å². The van der Waals surface area contributed by atoms with E-state index in [2.05, 4.69) is 5.32 Å². The Bertz CT molecular complexity index is 753. The van der Waals surface area contributed by atoms with E-state index in [1.807, 2.05) is 13.8 Å². The summed E-state index contributed by atoms with van der Waals surface area (Å²) in [4.78, 5) is 24.2. The number of carbonyl (C=O) groups is 2. The number of rotatable bonds is 8. The second-order valence-electron chi connectivity index (χ2n) is 6.49. The zero-order valence-corrected chi connectivity index (χ0v) is 16.0. The van der Waals surface area contributed by atoms with Crippen molar-refractivity contribution in [3.63, 3.8) is 0 Å². The standard InChI is InChI=1S/C21H25NO5/c1-14(2)13-26-21(24)15(3)27-19-9-5-16(6-10-19)20(23)22-17-7-11-18(25-4)12-8-17/h5-12,14-15H,13H2,1-4H3,(H,22,23)/t15-/m0/s1. The fraction of sp³-hybridized carbons (Fsp3) is 0.333. The average molecular weight is 371 g/mol. The zero-order valence-electron chi connectivity index (χ0n) is 16.0. The molecular weight excluding hydrogens is 346 g/mol. The highest BCUT2D eigenvalue weighted by Gasteiger charge is 2.17. The lowest BCUT2D eigenvalue weighted by Gasteiger charge is -2.15. The van der Waals surface area contributed by atoms with Gasteiger partial charge in [0.15, 0.2) is 6.10 Å². The maximum Gasteiger partial charge on any atom is 0.347 e. The lowest BCUT2D eigenvalue weighted by molar-refractivity contribution is -0.152. The molecule has 2 rings (SSSR count). The van der Waals surface area contributed by atoms with E-state index in [1.165, 1.54) is 0 Å². The highest BCUT2D eigenvalue weighted by atomic mass is 16.6. The number of anilines is 1. The molecule has 144 valence electrons. The Labute approximate surface area is 159 Å². The Morgan fingerprint density at radius 2 is 1.52 bits per heavy atom. The van der Waals surface area contributed by atoms with E-state index in [4.69, 9.17) is 14.2 Å². The van der Waals surface area contributed by atoms with Crippen LogP contribution in [-0.4, -0.2) is 31.7 Å². The molecule has 1 atom stereocenters. The molecule has 2 aromatic rings. The van der Waals surface area contributed by atoms with Crippen molar-refractivity contribution < 1.29 is 23.8 Å². The van der Waals surface area contributed by atoms with Gasteiger partial charge in [-0.3, -0.25) is 4.79 Å². The van der Waals surface area contributed by atoms with Gasteiger partial charge in [-0.15, -0.1) is 0 Å². The average Bonchev–Trinajstić information content (AvgIpc) is 2.67. The van der Waals surface area contributed by atoms with Gasteiger partial charge in [-0.25, -0.2) is 4.79 Å². The Kier molecular flexibility index (Phi) is 7.23. The number of ether oxygens (including phenoxy) is 3. The Hall–Kier alpha value is -3.02. The molecule has 0 radical (unpaired) electrons. The summed E-state index contributed by atoms with van der Waals surface area (Å²) in [5.41, 5.74) is 1.15. The first-order chi connectivity index (χ1) is 12.9. The van der Waals surface area contributed by atoms with Gasteiger partial charge in [0.05, 0.1) is 13.7 Å². The van der Waals surface area contributed by atoms with Crippen LogP contribution in [0.15, 0.2) is 48.5 Å². The summed E-state index contributed by atoms with van der Waals surface area (Å²) in [6.07, 6.45) is -0.720. The molecule has 0 aromatic heterocycles. The number of hydrogen-bond acceptors (Lipinski definition) is 5. The van der Waals surface area contributed by atoms with Crippen molar-refractivity contribution in [2.45, 2.75) is 26.9 Å². The fourth-order valence-corrected chi connectivity index (χ4v) is 2.18. The van der Waals surface area contributed by atoms with Crippen LogP contribution in [0, 0.1) is 5.92 Å². The van der Waals surface area contributed by atoms with Crippen LogP contribution in [0.3, 0.4) is 0 Å². The third-order valence-corrected chi connectivity index (χ3v) is 3.67. The number of benzene rings is 2. The molecule has 0 saturated carbocycles. The number of esters is 1. The summed E-state index contributed by atoms with van der Waals surface area (Å²) in [7, 11) is 1.59. The van der Waals surface area contributed by atoms with Gasteiger partial charge in [-0.05, 0) is 61.4 Å². The van der Waals surface area contributed by atoms with Crippen LogP contribution in [0.25, 0.3) is 0 Å². The van der Waals surface area contributed by atoms with E-state index in [0.29, 0.717) is 23.6 Å². The van der Waals surface area contributed by atoms with Gasteiger partial charge < -0.3 is 19.5 Å². The van der Waals surface area contributed by atoms with Crippen LogP contribution in [0.5, 0.6) is 11.5 Å². The third-order valence-electron chi connectivity index (χ3n) is 3.67. The number of nitrogens with one attached hydrogen (secondary N) is 1. The topological polar surface area (TPSA) is 73.9 Å². The summed E-state index contributed by atoms with van der Waals surface area (Å²) in [5.74, 6) is 0.825. The normalized spacial score (nSPS) is 11.6. The lowest BCUT2D eigenvalue weighted by atomic mass is 10.2. The number of methoxy groups -OCH3 is 1. The van der Waals surface area contributed by atoms with Crippen molar-refractivity contribution >= 4 is 17.6 Å². The molecule has 0 aliphatic rings. The fourth-order valence-electron chi connectivity index (χ4n) is 2.18. The van der Waals surface area contributed by atoms with E-state index < -0.39 is 12.1 Å². The maximum absolute atomic E-state index is 12.3. The minimum absolute atomic E-state index is 0.240. The maximum atomic E-state index is 12.3. The Morgan fingerprint density at radius 1 is 0.926 bits per heavy atom. The molecule has 6 nitrogen and oxygen atoms in total. The minimum Gasteiger partial charge on any atom is -0.497 e. The quantitative estimate of drug-likeness (QED) is 0.712. The molecule has 0 aliphatic heterocycles. The highest BCUT2D eigenvalue weighted by Crippen LogP contribution is 2.18. The van der Waals surface area contributed by atoms with Gasteiger partial charge in [0, 0.05) is 11.3 Å². The van der Waals surface area contributed by atoms with Crippen molar-refractivity contribution in [2.75, 3.05) is 19.0 Å². The summed E-state index contributed by atoms with van der Waals surface area (Å²) >= 11 is 0. The second kappa shape index (κ2) is 9.62. The summed E-state index contributed by atoms with van der Waals surface area (Å²) < 4.78 is 15.8. The highest BCUT2D eigenvalue weighted by molar-refractivity contribution is 6.04. The first kappa shape index (κ1) is 20.3. The molecule has 1 amide bonds. The molecule has 0 heterocycles. The predicted octanol–water partition coefficient (Wildman–Crippen LogP) is 3.91. The molecular formula is C21H25NO5. The van der Waals surface area contributed by atoms with Crippen LogP contribution >= 0.6 is 0 Å². The van der Waals surface area contributed by atoms with Crippen molar-refractivity contribution in [1.29, 1.82) is 0 Å². The molecule has 1 N–H and O–H groups in total. The van der Waals surface area contributed by atoms with Crippen LogP contribution in [0.1, 0.15) is 31.1 Å². The van der Waals surface area contributed by atoms with Gasteiger partial charge in [-0.2, -0.15) is 0 Å². The monoisotopic (exact) mass is 371 g/mol. The van der Waals surface area contributed by atoms with Crippen LogP contribution in [-0.2, 0) is 9.53 Å². The van der Waals surface area contributed by atoms with Crippen molar-refractivity contribution in [2.24, 2.45) is 5.92 Å². The molecule has 0 unspecified atom stereocenters. The largest absolute Gasteiger partial charge is 0.497 e. The first-order valence-electron chi connectivity index (χ1n) is 8.77. The molecule has 2 aromatic carbocycles. The summed E-state index contributed by atoms with van der Waals surface area (Å²) in [6, 6.07) is 13.6. The zero-order chi connectivity index (χ0) is 19.8. The van der Waals surface area contributed by atoms with Crippen LogP contribution < -0.4 is 14.8 Å². The van der Waals surface area contributed by atoms with Crippen molar-refractivity contribution in [1.82, 2.24) is 0 Å². The SMILES string of the molecule is COc1ccc(NC(=O)c2ccc(O[C@@H](C)C(=O)OCC(C)C)cc2)cc1. The van der Waals surface area contributed by atoms with Crippen LogP contribution in [0.4, 0.5) is 5.69 Å². The van der Waals surface area contributed by atoms with Gasteiger partial charge >= 0.3 is 5.97 Å². The number of amides is 1. The minimum atomic E-state index is -0.720. The Balaban J connectivity index is 1.91. The molecule has 0 bridgehead atoms. The first-order valence-corrected chi connectivity index (χ1v) is 8.77. The van der Waals surface area contributed by atoms with Gasteiger partial charge in [0.1, 0.15) is 11.5 Å². The Morgan fingerprint density at radius 3 is 2.07 bits per heavy atom. The van der Waals surface area contributed by atoms with E-state index in [1.54, 1.807) is 62.6 Å². The summed E-state index contributed by atoms with van der Waals surface area (Å²) in [5, 5.41) is 2.81. The third kappa shape index (κ3) is 6.33. The van der Waals surface area contributed by atoms with E-state index in [9.17, 15) is 9.59 Å². The van der Waals surface area contributed by atoms with Crippen LogP contribution in [0.2, 0.25) is 0 Å². The van der Waals surface area contributed by atoms with Crippen molar-refractivity contribution in [3.05, 3.63) is 54.1 Å². The van der Waals surface area contributed by atoms with Gasteiger partial charge in [0.25, 0.3) is 5.91 Å². The molecule has 6 heteroatoms. The number of hydrogen-bond donors (Lipinski definition) is 1. The predicted molar refractivity (Wildman–Crippen MR) is 103 cm³/mol. The summed E-state index contributed by atoms with van der Waals surface area (Å²) in [6.45, 7) is 5.92. The molecule has 0 fully saturated rings. The second-order valence-corrected chi connectivity index (χ2v) is 6.49. The van der Waals surface area contributed by atoms with E-state index in [0.717, 1.165) is 5.75 Å².